The van der Waals surface area contributed by atoms with Crippen LogP contribution >= 0.6 is 23.4 Å². The van der Waals surface area contributed by atoms with Gasteiger partial charge in [0.2, 0.25) is 0 Å². The number of nitro groups is 1. The van der Waals surface area contributed by atoms with Gasteiger partial charge in [-0.1, -0.05) is 23.7 Å². The van der Waals surface area contributed by atoms with E-state index in [0.29, 0.717) is 21.3 Å². The Morgan fingerprint density at radius 1 is 1.32 bits per heavy atom. The molecule has 0 bridgehead atoms. The molecule has 3 rings (SSSR count). The lowest BCUT2D eigenvalue weighted by Gasteiger charge is -2.07. The van der Waals surface area contributed by atoms with Crippen LogP contribution in [0.1, 0.15) is 15.9 Å². The first-order valence-corrected chi connectivity index (χ1v) is 8.99. The van der Waals surface area contributed by atoms with Crippen LogP contribution in [0.15, 0.2) is 52.4 Å². The summed E-state index contributed by atoms with van der Waals surface area (Å²) in [6.45, 7) is 0. The van der Waals surface area contributed by atoms with E-state index in [1.807, 2.05) is 0 Å². The van der Waals surface area contributed by atoms with Crippen molar-refractivity contribution in [2.75, 3.05) is 7.05 Å². The summed E-state index contributed by atoms with van der Waals surface area (Å²) in [7, 11) is 1.54. The third kappa shape index (κ3) is 4.05. The summed E-state index contributed by atoms with van der Waals surface area (Å²) in [5.74, 6) is -1.40. The molecule has 1 heterocycles. The van der Waals surface area contributed by atoms with E-state index >= 15 is 0 Å². The summed E-state index contributed by atoms with van der Waals surface area (Å²) in [5, 5.41) is 20.5. The predicted octanol–water partition coefficient (Wildman–Crippen LogP) is 4.18. The number of nitrogens with zero attached hydrogens (tertiary/aromatic N) is 3. The van der Waals surface area contributed by atoms with Crippen LogP contribution in [0.25, 0.3) is 6.08 Å². The number of likely N-dealkylation sites (N-methyl/N-ethyl adjacent to an activating group) is 1. The van der Waals surface area contributed by atoms with E-state index in [1.165, 1.54) is 35.2 Å². The predicted molar refractivity (Wildman–Crippen MR) is 107 cm³/mol. The van der Waals surface area contributed by atoms with Crippen molar-refractivity contribution >= 4 is 57.9 Å². The summed E-state index contributed by atoms with van der Waals surface area (Å²) in [5.41, 5.74) is 0.683. The second-order valence-corrected chi connectivity index (χ2v) is 7.11. The molecule has 28 heavy (non-hydrogen) atoms. The average molecular weight is 418 g/mol. The molecule has 142 valence electrons. The minimum Gasteiger partial charge on any atom is -0.478 e. The Kier molecular flexibility index (Phi) is 5.48. The number of rotatable bonds is 4. The number of hydrogen-bond acceptors (Lipinski definition) is 6. The molecule has 0 radical (unpaired) electrons. The third-order valence-electron chi connectivity index (χ3n) is 3.79. The normalized spacial score (nSPS) is 16.8. The molecule has 1 N–H and O–H groups in total. The van der Waals surface area contributed by atoms with E-state index in [1.54, 1.807) is 25.2 Å². The summed E-state index contributed by atoms with van der Waals surface area (Å²) in [4.78, 5) is 40.0. The van der Waals surface area contributed by atoms with E-state index in [9.17, 15) is 19.7 Å². The van der Waals surface area contributed by atoms with Gasteiger partial charge in [0.25, 0.3) is 11.6 Å². The minimum atomic E-state index is -1.07. The highest BCUT2D eigenvalue weighted by Crippen LogP contribution is 2.34. The van der Waals surface area contributed by atoms with E-state index in [-0.39, 0.29) is 22.2 Å². The molecular weight excluding hydrogens is 406 g/mol. The van der Waals surface area contributed by atoms with Crippen molar-refractivity contribution in [3.8, 4) is 0 Å². The highest BCUT2D eigenvalue weighted by molar-refractivity contribution is 8.18. The first-order valence-electron chi connectivity index (χ1n) is 7.80. The Morgan fingerprint density at radius 2 is 2.07 bits per heavy atom. The van der Waals surface area contributed by atoms with Gasteiger partial charge in [0.05, 0.1) is 21.1 Å². The van der Waals surface area contributed by atoms with Gasteiger partial charge in [-0.3, -0.25) is 19.8 Å². The standard InChI is InChI=1S/C18H12ClN3O5S/c1-21-16(23)15(8-10-5-6-13(19)14(7-10)22(26)27)28-18(21)20-12-4-2-3-11(9-12)17(24)25/h2-9H,1H3,(H,24,25)/b15-8+,20-18?. The molecule has 0 atom stereocenters. The Hall–Kier alpha value is -3.17. The van der Waals surface area contributed by atoms with E-state index in [2.05, 4.69) is 4.99 Å². The summed E-state index contributed by atoms with van der Waals surface area (Å²) in [6.07, 6.45) is 1.52. The van der Waals surface area contributed by atoms with Gasteiger partial charge in [-0.15, -0.1) is 0 Å². The number of carbonyl (C=O) groups excluding carboxylic acids is 1. The molecule has 0 unspecified atom stereocenters. The smallest absolute Gasteiger partial charge is 0.335 e. The van der Waals surface area contributed by atoms with Crippen LogP contribution < -0.4 is 0 Å². The number of aliphatic imine (C=N–C) groups is 1. The topological polar surface area (TPSA) is 113 Å². The van der Waals surface area contributed by atoms with Crippen molar-refractivity contribution in [2.24, 2.45) is 4.99 Å². The number of thioether (sulfide) groups is 1. The van der Waals surface area contributed by atoms with Gasteiger partial charge in [0.1, 0.15) is 5.02 Å². The fourth-order valence-corrected chi connectivity index (χ4v) is 3.55. The number of amides is 1. The molecule has 10 heteroatoms. The molecule has 1 fully saturated rings. The van der Waals surface area contributed by atoms with E-state index in [0.717, 1.165) is 11.8 Å². The zero-order chi connectivity index (χ0) is 20.4. The fraction of sp³-hybridized carbons (Fsp3) is 0.0556. The average Bonchev–Trinajstić information content (AvgIpc) is 2.91. The largest absolute Gasteiger partial charge is 0.478 e. The molecule has 0 spiro atoms. The van der Waals surface area contributed by atoms with Gasteiger partial charge in [-0.05, 0) is 47.7 Å². The van der Waals surface area contributed by atoms with Crippen LogP contribution in [0.4, 0.5) is 11.4 Å². The highest BCUT2D eigenvalue weighted by atomic mass is 35.5. The number of carboxylic acids is 1. The van der Waals surface area contributed by atoms with Crippen LogP contribution in [0, 0.1) is 10.1 Å². The quantitative estimate of drug-likeness (QED) is 0.453. The van der Waals surface area contributed by atoms with Crippen molar-refractivity contribution < 1.29 is 19.6 Å². The monoisotopic (exact) mass is 417 g/mol. The number of amidine groups is 1. The van der Waals surface area contributed by atoms with Crippen molar-refractivity contribution in [1.29, 1.82) is 0 Å². The van der Waals surface area contributed by atoms with Crippen molar-refractivity contribution in [1.82, 2.24) is 4.90 Å². The molecule has 8 nitrogen and oxygen atoms in total. The SMILES string of the molecule is CN1C(=O)/C(=C\c2ccc(Cl)c([N+](=O)[O-])c2)SC1=Nc1cccc(C(=O)O)c1. The number of carboxylic acid groups (broad SMARTS) is 1. The Morgan fingerprint density at radius 3 is 2.75 bits per heavy atom. The molecule has 0 saturated carbocycles. The third-order valence-corrected chi connectivity index (χ3v) is 5.17. The van der Waals surface area contributed by atoms with E-state index < -0.39 is 10.9 Å². The first-order chi connectivity index (χ1) is 13.3. The number of nitro benzene ring substituents is 1. The number of hydrogen-bond donors (Lipinski definition) is 1. The second-order valence-electron chi connectivity index (χ2n) is 5.69. The molecule has 0 aromatic heterocycles. The Bertz CT molecular complexity index is 1070. The van der Waals surface area contributed by atoms with Crippen LogP contribution in [0.3, 0.4) is 0 Å². The maximum Gasteiger partial charge on any atom is 0.335 e. The zero-order valence-electron chi connectivity index (χ0n) is 14.3. The fourth-order valence-electron chi connectivity index (χ4n) is 2.38. The Labute approximate surface area is 168 Å². The summed E-state index contributed by atoms with van der Waals surface area (Å²) in [6, 6.07) is 10.3. The lowest BCUT2D eigenvalue weighted by molar-refractivity contribution is -0.384. The van der Waals surface area contributed by atoms with Crippen LogP contribution in [0.2, 0.25) is 5.02 Å². The van der Waals surface area contributed by atoms with E-state index in [4.69, 9.17) is 16.7 Å². The molecule has 1 amide bonds. The zero-order valence-corrected chi connectivity index (χ0v) is 15.9. The van der Waals surface area contributed by atoms with Gasteiger partial charge in [0, 0.05) is 13.1 Å². The lowest BCUT2D eigenvalue weighted by atomic mass is 10.2. The van der Waals surface area contributed by atoms with Gasteiger partial charge in [0.15, 0.2) is 5.17 Å². The van der Waals surface area contributed by atoms with Gasteiger partial charge in [-0.2, -0.15) is 0 Å². The molecule has 2 aromatic carbocycles. The van der Waals surface area contributed by atoms with Crippen molar-refractivity contribution in [3.63, 3.8) is 0 Å². The minimum absolute atomic E-state index is 0.00948. The summed E-state index contributed by atoms with van der Waals surface area (Å²) >= 11 is 6.89. The number of aromatic carboxylic acids is 1. The van der Waals surface area contributed by atoms with Crippen molar-refractivity contribution in [3.05, 3.63) is 73.6 Å². The summed E-state index contributed by atoms with van der Waals surface area (Å²) < 4.78 is 0. The molecule has 1 aliphatic heterocycles. The molecule has 0 aliphatic carbocycles. The van der Waals surface area contributed by atoms with Gasteiger partial charge < -0.3 is 5.11 Å². The maximum atomic E-state index is 12.5. The molecule has 1 saturated heterocycles. The molecule has 1 aliphatic rings. The van der Waals surface area contributed by atoms with Gasteiger partial charge >= 0.3 is 5.97 Å². The number of benzene rings is 2. The maximum absolute atomic E-state index is 12.5. The Balaban J connectivity index is 1.92. The second kappa shape index (κ2) is 7.83. The molecular formula is C18H12ClN3O5S. The van der Waals surface area contributed by atoms with Crippen molar-refractivity contribution in [2.45, 2.75) is 0 Å². The van der Waals surface area contributed by atoms with Crippen LogP contribution in [-0.4, -0.2) is 39.0 Å². The highest BCUT2D eigenvalue weighted by Gasteiger charge is 2.30. The first kappa shape index (κ1) is 19.6. The number of carbonyl (C=O) groups is 2. The number of halogens is 1. The van der Waals surface area contributed by atoms with Crippen LogP contribution in [0.5, 0.6) is 0 Å². The van der Waals surface area contributed by atoms with Gasteiger partial charge in [-0.25, -0.2) is 9.79 Å². The van der Waals surface area contributed by atoms with Crippen LogP contribution in [-0.2, 0) is 4.79 Å². The lowest BCUT2D eigenvalue weighted by Crippen LogP contribution is -2.23. The molecule has 2 aromatic rings.